The zero-order valence-electron chi connectivity index (χ0n) is 14.8. The zero-order chi connectivity index (χ0) is 16.4. The van der Waals surface area contributed by atoms with Crippen molar-refractivity contribution in [2.45, 2.75) is 58.5 Å². The fourth-order valence-corrected chi connectivity index (χ4v) is 4.36. The first kappa shape index (κ1) is 16.5. The van der Waals surface area contributed by atoms with Crippen LogP contribution in [0.15, 0.2) is 24.3 Å². The molecule has 1 spiro atoms. The molecular weight excluding hydrogens is 284 g/mol. The molecule has 2 heterocycles. The highest BCUT2D eigenvalue weighted by molar-refractivity contribution is 5.78. The van der Waals surface area contributed by atoms with E-state index in [1.807, 2.05) is 13.8 Å². The number of amides is 1. The van der Waals surface area contributed by atoms with Crippen LogP contribution in [0.5, 0.6) is 0 Å². The molecule has 1 unspecified atom stereocenters. The average Bonchev–Trinajstić information content (AvgIpc) is 2.90. The van der Waals surface area contributed by atoms with Gasteiger partial charge in [0, 0.05) is 31.1 Å². The first-order valence-corrected chi connectivity index (χ1v) is 9.10. The lowest BCUT2D eigenvalue weighted by molar-refractivity contribution is -0.138. The van der Waals surface area contributed by atoms with Gasteiger partial charge in [-0.15, -0.1) is 0 Å². The molecule has 0 N–H and O–H groups in total. The summed E-state index contributed by atoms with van der Waals surface area (Å²) in [5, 5.41) is 0. The molecule has 0 aromatic heterocycles. The van der Waals surface area contributed by atoms with Crippen molar-refractivity contribution >= 4 is 5.91 Å². The molecule has 1 aromatic carbocycles. The summed E-state index contributed by atoms with van der Waals surface area (Å²) in [7, 11) is 0. The molecule has 3 nitrogen and oxygen atoms in total. The summed E-state index contributed by atoms with van der Waals surface area (Å²) in [6.45, 7) is 10.3. The van der Waals surface area contributed by atoms with E-state index < -0.39 is 0 Å². The van der Waals surface area contributed by atoms with Crippen LogP contribution in [0.2, 0.25) is 0 Å². The minimum absolute atomic E-state index is 0.108. The maximum Gasteiger partial charge on any atom is 0.225 e. The molecule has 0 bridgehead atoms. The lowest BCUT2D eigenvalue weighted by atomic mass is 9.85. The van der Waals surface area contributed by atoms with Crippen molar-refractivity contribution in [3.05, 3.63) is 35.4 Å². The van der Waals surface area contributed by atoms with Gasteiger partial charge in [-0.2, -0.15) is 0 Å². The maximum absolute atomic E-state index is 12.5. The molecule has 2 aliphatic heterocycles. The summed E-state index contributed by atoms with van der Waals surface area (Å²) >= 11 is 0. The molecule has 1 atom stereocenters. The van der Waals surface area contributed by atoms with Gasteiger partial charge in [-0.25, -0.2) is 0 Å². The van der Waals surface area contributed by atoms with E-state index in [4.69, 9.17) is 0 Å². The van der Waals surface area contributed by atoms with Crippen molar-refractivity contribution in [3.8, 4) is 0 Å². The van der Waals surface area contributed by atoms with Crippen molar-refractivity contribution in [2.24, 2.45) is 5.92 Å². The second kappa shape index (κ2) is 6.64. The average molecular weight is 314 g/mol. The van der Waals surface area contributed by atoms with Crippen LogP contribution in [0, 0.1) is 12.8 Å². The molecule has 1 amide bonds. The number of likely N-dealkylation sites (tertiary alicyclic amines) is 2. The molecule has 0 radical (unpaired) electrons. The van der Waals surface area contributed by atoms with Gasteiger partial charge >= 0.3 is 0 Å². The van der Waals surface area contributed by atoms with Gasteiger partial charge in [-0.1, -0.05) is 38.1 Å². The molecular formula is C20H30N2O. The SMILES string of the molecule is Cc1ccccc1CN1CCCC12CCCN(C(=O)C(C)C)C2. The number of carbonyl (C=O) groups is 1. The summed E-state index contributed by atoms with van der Waals surface area (Å²) in [5.41, 5.74) is 3.02. The Morgan fingerprint density at radius 1 is 1.17 bits per heavy atom. The van der Waals surface area contributed by atoms with Crippen molar-refractivity contribution in [3.63, 3.8) is 0 Å². The van der Waals surface area contributed by atoms with Gasteiger partial charge in [0.1, 0.15) is 0 Å². The van der Waals surface area contributed by atoms with E-state index in [1.54, 1.807) is 0 Å². The highest BCUT2D eigenvalue weighted by atomic mass is 16.2. The van der Waals surface area contributed by atoms with Crippen LogP contribution in [0.3, 0.4) is 0 Å². The van der Waals surface area contributed by atoms with E-state index in [1.165, 1.54) is 30.4 Å². The number of aryl methyl sites for hydroxylation is 1. The molecule has 3 heteroatoms. The molecule has 23 heavy (non-hydrogen) atoms. The van der Waals surface area contributed by atoms with Gasteiger partial charge in [0.2, 0.25) is 5.91 Å². The van der Waals surface area contributed by atoms with Crippen LogP contribution in [0.4, 0.5) is 0 Å². The molecule has 2 aliphatic rings. The molecule has 0 saturated carbocycles. The molecule has 1 aromatic rings. The fourth-order valence-electron chi connectivity index (χ4n) is 4.36. The Morgan fingerprint density at radius 3 is 2.57 bits per heavy atom. The Labute approximate surface area is 140 Å². The third kappa shape index (κ3) is 3.30. The Hall–Kier alpha value is -1.35. The van der Waals surface area contributed by atoms with Gasteiger partial charge in [-0.05, 0) is 50.3 Å². The summed E-state index contributed by atoms with van der Waals surface area (Å²) in [5.74, 6) is 0.434. The summed E-state index contributed by atoms with van der Waals surface area (Å²) in [4.78, 5) is 17.3. The van der Waals surface area contributed by atoms with Gasteiger partial charge < -0.3 is 4.90 Å². The number of piperidine rings is 1. The van der Waals surface area contributed by atoms with Crippen LogP contribution in [-0.4, -0.2) is 40.9 Å². The molecule has 126 valence electrons. The summed E-state index contributed by atoms with van der Waals surface area (Å²) < 4.78 is 0. The number of carbonyl (C=O) groups excluding carboxylic acids is 1. The van der Waals surface area contributed by atoms with Gasteiger partial charge in [0.05, 0.1) is 0 Å². The van der Waals surface area contributed by atoms with Gasteiger partial charge in [-0.3, -0.25) is 9.69 Å². The lowest BCUT2D eigenvalue weighted by Gasteiger charge is -2.46. The topological polar surface area (TPSA) is 23.6 Å². The van der Waals surface area contributed by atoms with E-state index in [0.717, 1.165) is 32.6 Å². The van der Waals surface area contributed by atoms with Crippen LogP contribution >= 0.6 is 0 Å². The van der Waals surface area contributed by atoms with Crippen molar-refractivity contribution in [2.75, 3.05) is 19.6 Å². The van der Waals surface area contributed by atoms with E-state index >= 15 is 0 Å². The third-order valence-corrected chi connectivity index (χ3v) is 5.72. The van der Waals surface area contributed by atoms with Crippen LogP contribution in [0.25, 0.3) is 0 Å². The van der Waals surface area contributed by atoms with Gasteiger partial charge in [0.15, 0.2) is 0 Å². The predicted octanol–water partition coefficient (Wildman–Crippen LogP) is 3.61. The molecule has 0 aliphatic carbocycles. The zero-order valence-corrected chi connectivity index (χ0v) is 14.8. The van der Waals surface area contributed by atoms with Crippen LogP contribution in [-0.2, 0) is 11.3 Å². The van der Waals surface area contributed by atoms with Crippen molar-refractivity contribution in [1.82, 2.24) is 9.80 Å². The number of hydrogen-bond donors (Lipinski definition) is 0. The van der Waals surface area contributed by atoms with Crippen molar-refractivity contribution in [1.29, 1.82) is 0 Å². The Balaban J connectivity index is 1.77. The highest BCUT2D eigenvalue weighted by Gasteiger charge is 2.44. The number of benzene rings is 1. The standard InChI is InChI=1S/C20H30N2O/c1-16(2)19(23)21-12-6-10-20(15-21)11-7-13-22(20)14-18-9-5-4-8-17(18)3/h4-5,8-9,16H,6-7,10-15H2,1-3H3. The van der Waals surface area contributed by atoms with Gasteiger partial charge in [0.25, 0.3) is 0 Å². The van der Waals surface area contributed by atoms with E-state index in [-0.39, 0.29) is 11.5 Å². The number of hydrogen-bond acceptors (Lipinski definition) is 2. The minimum atomic E-state index is 0.108. The Bertz CT molecular complexity index is 569. The largest absolute Gasteiger partial charge is 0.341 e. The maximum atomic E-state index is 12.5. The van der Waals surface area contributed by atoms with Crippen molar-refractivity contribution < 1.29 is 4.79 Å². The highest BCUT2D eigenvalue weighted by Crippen LogP contribution is 2.38. The Kier molecular flexibility index (Phi) is 4.77. The summed E-state index contributed by atoms with van der Waals surface area (Å²) in [6, 6.07) is 8.71. The molecule has 3 rings (SSSR count). The summed E-state index contributed by atoms with van der Waals surface area (Å²) in [6.07, 6.45) is 4.87. The smallest absolute Gasteiger partial charge is 0.225 e. The quantitative estimate of drug-likeness (QED) is 0.851. The second-order valence-corrected chi connectivity index (χ2v) is 7.69. The van der Waals surface area contributed by atoms with E-state index in [9.17, 15) is 4.79 Å². The minimum Gasteiger partial charge on any atom is -0.341 e. The number of nitrogens with zero attached hydrogens (tertiary/aromatic N) is 2. The monoisotopic (exact) mass is 314 g/mol. The molecule has 2 fully saturated rings. The van der Waals surface area contributed by atoms with E-state index in [0.29, 0.717) is 5.91 Å². The third-order valence-electron chi connectivity index (χ3n) is 5.72. The first-order chi connectivity index (χ1) is 11.0. The second-order valence-electron chi connectivity index (χ2n) is 7.69. The van der Waals surface area contributed by atoms with E-state index in [2.05, 4.69) is 41.0 Å². The van der Waals surface area contributed by atoms with Crippen LogP contribution in [0.1, 0.15) is 50.7 Å². The number of rotatable bonds is 3. The Morgan fingerprint density at radius 2 is 1.87 bits per heavy atom. The first-order valence-electron chi connectivity index (χ1n) is 9.10. The lowest BCUT2D eigenvalue weighted by Crippen LogP contribution is -2.57. The molecule has 2 saturated heterocycles. The predicted molar refractivity (Wildman–Crippen MR) is 94.2 cm³/mol. The normalized spacial score (nSPS) is 25.5. The fraction of sp³-hybridized carbons (Fsp3) is 0.650. The van der Waals surface area contributed by atoms with Crippen LogP contribution < -0.4 is 0 Å².